The van der Waals surface area contributed by atoms with Crippen LogP contribution in [0.15, 0.2) is 0 Å². The Morgan fingerprint density at radius 3 is 2.08 bits per heavy atom. The average molecular weight is 186 g/mol. The lowest BCUT2D eigenvalue weighted by Crippen LogP contribution is -2.19. The van der Waals surface area contributed by atoms with Crippen LogP contribution in [-0.4, -0.2) is 17.2 Å². The minimum Gasteiger partial charge on any atom is -0.427 e. The molecular formula is C10H23BO2. The van der Waals surface area contributed by atoms with Crippen LogP contribution in [0.3, 0.4) is 0 Å². The van der Waals surface area contributed by atoms with Crippen LogP contribution in [0.1, 0.15) is 58.8 Å². The molecule has 0 bridgehead atoms. The van der Waals surface area contributed by atoms with Crippen molar-refractivity contribution in [1.82, 2.24) is 0 Å². The van der Waals surface area contributed by atoms with Crippen LogP contribution in [-0.2, 0) is 0 Å². The molecule has 0 rings (SSSR count). The molecule has 0 radical (unpaired) electrons. The second-order valence-electron chi connectivity index (χ2n) is 3.78. The third-order valence-electron chi connectivity index (χ3n) is 2.62. The molecule has 0 aliphatic carbocycles. The highest BCUT2D eigenvalue weighted by atomic mass is 16.4. The highest BCUT2D eigenvalue weighted by Crippen LogP contribution is 2.20. The van der Waals surface area contributed by atoms with E-state index in [1.165, 1.54) is 25.7 Å². The molecule has 13 heavy (non-hydrogen) atoms. The zero-order valence-electron chi connectivity index (χ0n) is 9.00. The third kappa shape index (κ3) is 7.09. The van der Waals surface area contributed by atoms with Gasteiger partial charge in [0.05, 0.1) is 0 Å². The molecule has 0 aliphatic rings. The van der Waals surface area contributed by atoms with Crippen molar-refractivity contribution < 1.29 is 10.0 Å². The van der Waals surface area contributed by atoms with Gasteiger partial charge in [-0.3, -0.25) is 0 Å². The lowest BCUT2D eigenvalue weighted by atomic mass is 9.68. The SMILES string of the molecule is CCCCCCC[C@@H](CC)B(O)O. The highest BCUT2D eigenvalue weighted by Gasteiger charge is 2.20. The normalized spacial score (nSPS) is 12.9. The molecule has 0 aromatic rings. The molecule has 0 saturated carbocycles. The van der Waals surface area contributed by atoms with E-state index >= 15 is 0 Å². The fourth-order valence-corrected chi connectivity index (χ4v) is 1.57. The minimum absolute atomic E-state index is 0.0848. The zero-order chi connectivity index (χ0) is 10.1. The number of rotatable bonds is 8. The van der Waals surface area contributed by atoms with Gasteiger partial charge in [-0.1, -0.05) is 58.8 Å². The lowest BCUT2D eigenvalue weighted by Gasteiger charge is -2.12. The second kappa shape index (κ2) is 8.58. The van der Waals surface area contributed by atoms with Gasteiger partial charge in [-0.2, -0.15) is 0 Å². The smallest absolute Gasteiger partial charge is 0.427 e. The van der Waals surface area contributed by atoms with Crippen LogP contribution in [0.25, 0.3) is 0 Å². The van der Waals surface area contributed by atoms with Gasteiger partial charge in [0.25, 0.3) is 0 Å². The maximum absolute atomic E-state index is 8.97. The van der Waals surface area contributed by atoms with Crippen molar-refractivity contribution >= 4 is 7.12 Å². The molecule has 0 unspecified atom stereocenters. The Hall–Kier alpha value is -0.0151. The summed E-state index contributed by atoms with van der Waals surface area (Å²) in [5, 5.41) is 17.9. The maximum Gasteiger partial charge on any atom is 0.454 e. The van der Waals surface area contributed by atoms with Crippen LogP contribution in [0.5, 0.6) is 0 Å². The fourth-order valence-electron chi connectivity index (χ4n) is 1.57. The third-order valence-corrected chi connectivity index (χ3v) is 2.62. The molecule has 0 aromatic carbocycles. The molecule has 0 aliphatic heterocycles. The van der Waals surface area contributed by atoms with Crippen molar-refractivity contribution in [2.24, 2.45) is 0 Å². The van der Waals surface area contributed by atoms with Crippen molar-refractivity contribution in [3.8, 4) is 0 Å². The highest BCUT2D eigenvalue weighted by molar-refractivity contribution is 6.43. The topological polar surface area (TPSA) is 40.5 Å². The van der Waals surface area contributed by atoms with E-state index in [1.54, 1.807) is 0 Å². The Bertz CT molecular complexity index is 107. The van der Waals surface area contributed by atoms with Crippen molar-refractivity contribution in [2.45, 2.75) is 64.6 Å². The first-order valence-corrected chi connectivity index (χ1v) is 5.58. The quantitative estimate of drug-likeness (QED) is 0.451. The van der Waals surface area contributed by atoms with E-state index in [9.17, 15) is 0 Å². The van der Waals surface area contributed by atoms with E-state index in [2.05, 4.69) is 6.92 Å². The van der Waals surface area contributed by atoms with Gasteiger partial charge in [0.2, 0.25) is 0 Å². The Morgan fingerprint density at radius 2 is 1.62 bits per heavy atom. The van der Waals surface area contributed by atoms with Gasteiger partial charge in [0.15, 0.2) is 0 Å². The summed E-state index contributed by atoms with van der Waals surface area (Å²) in [7, 11) is -1.11. The molecule has 0 amide bonds. The molecule has 1 atom stereocenters. The van der Waals surface area contributed by atoms with Gasteiger partial charge < -0.3 is 10.0 Å². The van der Waals surface area contributed by atoms with Gasteiger partial charge in [0.1, 0.15) is 0 Å². The van der Waals surface area contributed by atoms with Crippen LogP contribution in [0.2, 0.25) is 5.82 Å². The second-order valence-corrected chi connectivity index (χ2v) is 3.78. The Labute approximate surface area is 82.5 Å². The number of unbranched alkanes of at least 4 members (excludes halogenated alkanes) is 4. The van der Waals surface area contributed by atoms with Crippen molar-refractivity contribution in [3.05, 3.63) is 0 Å². The zero-order valence-corrected chi connectivity index (χ0v) is 9.00. The van der Waals surface area contributed by atoms with E-state index in [0.29, 0.717) is 0 Å². The van der Waals surface area contributed by atoms with Crippen LogP contribution < -0.4 is 0 Å². The van der Waals surface area contributed by atoms with Gasteiger partial charge in [-0.05, 0) is 5.82 Å². The standard InChI is InChI=1S/C10H23BO2/c1-3-5-6-7-8-9-10(4-2)11(12)13/h10,12-13H,3-9H2,1-2H3/t10-/m1/s1. The minimum atomic E-state index is -1.11. The summed E-state index contributed by atoms with van der Waals surface area (Å²) in [6.07, 6.45) is 8.04. The lowest BCUT2D eigenvalue weighted by molar-refractivity contribution is 0.372. The summed E-state index contributed by atoms with van der Waals surface area (Å²) in [6.45, 7) is 4.21. The molecule has 0 spiro atoms. The molecule has 3 heteroatoms. The van der Waals surface area contributed by atoms with Gasteiger partial charge >= 0.3 is 7.12 Å². The number of hydrogen-bond acceptors (Lipinski definition) is 2. The molecule has 0 fully saturated rings. The Balaban J connectivity index is 3.28. The molecule has 0 heterocycles. The summed E-state index contributed by atoms with van der Waals surface area (Å²) in [5.41, 5.74) is 0. The summed E-state index contributed by atoms with van der Waals surface area (Å²) in [4.78, 5) is 0. The first-order chi connectivity index (χ1) is 6.22. The summed E-state index contributed by atoms with van der Waals surface area (Å²) in [5.74, 6) is 0.0848. The first-order valence-electron chi connectivity index (χ1n) is 5.58. The van der Waals surface area contributed by atoms with E-state index < -0.39 is 7.12 Å². The summed E-state index contributed by atoms with van der Waals surface area (Å²) < 4.78 is 0. The molecule has 0 aromatic heterocycles. The molecule has 0 saturated heterocycles. The molecular weight excluding hydrogens is 163 g/mol. The van der Waals surface area contributed by atoms with E-state index in [-0.39, 0.29) is 5.82 Å². The van der Waals surface area contributed by atoms with Crippen molar-refractivity contribution in [1.29, 1.82) is 0 Å². The molecule has 2 N–H and O–H groups in total. The van der Waals surface area contributed by atoms with Gasteiger partial charge in [-0.25, -0.2) is 0 Å². The van der Waals surface area contributed by atoms with E-state index in [1.807, 2.05) is 6.92 Å². The Kier molecular flexibility index (Phi) is 8.57. The van der Waals surface area contributed by atoms with E-state index in [4.69, 9.17) is 10.0 Å². The Morgan fingerprint density at radius 1 is 1.00 bits per heavy atom. The predicted octanol–water partition coefficient (Wildman–Crippen LogP) is 2.60. The van der Waals surface area contributed by atoms with Gasteiger partial charge in [-0.15, -0.1) is 0 Å². The largest absolute Gasteiger partial charge is 0.454 e. The van der Waals surface area contributed by atoms with Crippen molar-refractivity contribution in [3.63, 3.8) is 0 Å². The van der Waals surface area contributed by atoms with E-state index in [0.717, 1.165) is 19.3 Å². The number of hydrogen-bond donors (Lipinski definition) is 2. The molecule has 78 valence electrons. The monoisotopic (exact) mass is 186 g/mol. The van der Waals surface area contributed by atoms with Crippen LogP contribution in [0.4, 0.5) is 0 Å². The summed E-state index contributed by atoms with van der Waals surface area (Å²) in [6, 6.07) is 0. The van der Waals surface area contributed by atoms with Crippen LogP contribution >= 0.6 is 0 Å². The fraction of sp³-hybridized carbons (Fsp3) is 1.00. The average Bonchev–Trinajstić information content (AvgIpc) is 2.10. The van der Waals surface area contributed by atoms with Crippen LogP contribution in [0, 0.1) is 0 Å². The first kappa shape index (κ1) is 13.0. The van der Waals surface area contributed by atoms with Gasteiger partial charge in [0, 0.05) is 0 Å². The van der Waals surface area contributed by atoms with Crippen molar-refractivity contribution in [2.75, 3.05) is 0 Å². The molecule has 2 nitrogen and oxygen atoms in total. The predicted molar refractivity (Wildman–Crippen MR) is 57.6 cm³/mol. The summed E-state index contributed by atoms with van der Waals surface area (Å²) >= 11 is 0. The maximum atomic E-state index is 8.97.